The van der Waals surface area contributed by atoms with E-state index in [9.17, 15) is 4.39 Å². The standard InChI is InChI=1S/C18H21F/c1-3-5-14-7-9-15(10-8-14)17-12-11-16(6-4-2)18(19)13-17/h7-13H,3-6H2,1-2H3. The molecule has 100 valence electrons. The number of hydrogen-bond donors (Lipinski definition) is 0. The van der Waals surface area contributed by atoms with Crippen LogP contribution in [0.3, 0.4) is 0 Å². The van der Waals surface area contributed by atoms with E-state index in [1.165, 1.54) is 5.56 Å². The Bertz CT molecular complexity index is 526. The molecular weight excluding hydrogens is 235 g/mol. The van der Waals surface area contributed by atoms with Crippen LogP contribution in [0.15, 0.2) is 42.5 Å². The second kappa shape index (κ2) is 6.51. The third kappa shape index (κ3) is 3.44. The van der Waals surface area contributed by atoms with Crippen molar-refractivity contribution in [2.45, 2.75) is 39.5 Å². The quantitative estimate of drug-likeness (QED) is 0.672. The summed E-state index contributed by atoms with van der Waals surface area (Å²) in [4.78, 5) is 0. The molecule has 0 aliphatic heterocycles. The highest BCUT2D eigenvalue weighted by Gasteiger charge is 2.04. The van der Waals surface area contributed by atoms with E-state index in [1.54, 1.807) is 6.07 Å². The lowest BCUT2D eigenvalue weighted by Crippen LogP contribution is -1.91. The second-order valence-corrected chi connectivity index (χ2v) is 5.00. The fourth-order valence-corrected chi connectivity index (χ4v) is 2.35. The van der Waals surface area contributed by atoms with Gasteiger partial charge in [0.25, 0.3) is 0 Å². The molecule has 0 N–H and O–H groups in total. The van der Waals surface area contributed by atoms with E-state index in [-0.39, 0.29) is 5.82 Å². The third-order valence-electron chi connectivity index (χ3n) is 3.40. The molecule has 0 aliphatic rings. The van der Waals surface area contributed by atoms with Crippen LogP contribution in [0.5, 0.6) is 0 Å². The highest BCUT2D eigenvalue weighted by atomic mass is 19.1. The van der Waals surface area contributed by atoms with E-state index in [0.29, 0.717) is 0 Å². The fraction of sp³-hybridized carbons (Fsp3) is 0.333. The molecule has 0 saturated carbocycles. The number of benzene rings is 2. The Hall–Kier alpha value is -1.63. The molecule has 0 radical (unpaired) electrons. The topological polar surface area (TPSA) is 0 Å². The van der Waals surface area contributed by atoms with E-state index in [2.05, 4.69) is 38.1 Å². The van der Waals surface area contributed by atoms with Crippen LogP contribution in [0.4, 0.5) is 4.39 Å². The predicted octanol–water partition coefficient (Wildman–Crippen LogP) is 5.40. The van der Waals surface area contributed by atoms with Gasteiger partial charge in [-0.1, -0.05) is 63.1 Å². The van der Waals surface area contributed by atoms with E-state index in [1.807, 2.05) is 12.1 Å². The number of halogens is 1. The molecule has 0 fully saturated rings. The molecule has 2 aromatic rings. The minimum Gasteiger partial charge on any atom is -0.207 e. The van der Waals surface area contributed by atoms with Gasteiger partial charge in [0.15, 0.2) is 0 Å². The van der Waals surface area contributed by atoms with Gasteiger partial charge in [-0.2, -0.15) is 0 Å². The molecule has 19 heavy (non-hydrogen) atoms. The van der Waals surface area contributed by atoms with Crippen LogP contribution in [0, 0.1) is 5.82 Å². The van der Waals surface area contributed by atoms with Crippen molar-refractivity contribution in [3.8, 4) is 11.1 Å². The van der Waals surface area contributed by atoms with Gasteiger partial charge in [-0.25, -0.2) is 4.39 Å². The normalized spacial score (nSPS) is 10.7. The molecule has 2 aromatic carbocycles. The molecule has 2 rings (SSSR count). The monoisotopic (exact) mass is 256 g/mol. The van der Waals surface area contributed by atoms with Crippen molar-refractivity contribution in [2.24, 2.45) is 0 Å². The first kappa shape index (κ1) is 13.8. The Labute approximate surface area is 115 Å². The molecule has 0 amide bonds. The van der Waals surface area contributed by atoms with Crippen LogP contribution in [0.1, 0.15) is 37.8 Å². The first-order valence-electron chi connectivity index (χ1n) is 7.12. The molecule has 0 saturated heterocycles. The molecule has 0 bridgehead atoms. The van der Waals surface area contributed by atoms with Crippen molar-refractivity contribution in [3.63, 3.8) is 0 Å². The summed E-state index contributed by atoms with van der Waals surface area (Å²) >= 11 is 0. The SMILES string of the molecule is CCCc1ccc(-c2ccc(CCC)c(F)c2)cc1. The van der Waals surface area contributed by atoms with Crippen molar-refractivity contribution in [1.29, 1.82) is 0 Å². The van der Waals surface area contributed by atoms with E-state index in [0.717, 1.165) is 42.4 Å². The maximum atomic E-state index is 13.9. The van der Waals surface area contributed by atoms with E-state index >= 15 is 0 Å². The lowest BCUT2D eigenvalue weighted by molar-refractivity contribution is 0.608. The van der Waals surface area contributed by atoms with Crippen molar-refractivity contribution < 1.29 is 4.39 Å². The highest BCUT2D eigenvalue weighted by Crippen LogP contribution is 2.23. The van der Waals surface area contributed by atoms with E-state index < -0.39 is 0 Å². The van der Waals surface area contributed by atoms with Crippen LogP contribution in [0.25, 0.3) is 11.1 Å². The maximum Gasteiger partial charge on any atom is 0.127 e. The largest absolute Gasteiger partial charge is 0.207 e. The molecule has 0 spiro atoms. The summed E-state index contributed by atoms with van der Waals surface area (Å²) < 4.78 is 13.9. The zero-order valence-electron chi connectivity index (χ0n) is 11.7. The predicted molar refractivity (Wildman–Crippen MR) is 79.8 cm³/mol. The minimum absolute atomic E-state index is 0.0861. The van der Waals surface area contributed by atoms with Crippen molar-refractivity contribution in [1.82, 2.24) is 0 Å². The zero-order valence-corrected chi connectivity index (χ0v) is 11.7. The van der Waals surface area contributed by atoms with Crippen LogP contribution < -0.4 is 0 Å². The minimum atomic E-state index is -0.0861. The number of hydrogen-bond acceptors (Lipinski definition) is 0. The summed E-state index contributed by atoms with van der Waals surface area (Å²) in [5, 5.41) is 0. The van der Waals surface area contributed by atoms with Crippen LogP contribution in [-0.4, -0.2) is 0 Å². The van der Waals surface area contributed by atoms with Crippen molar-refractivity contribution >= 4 is 0 Å². The van der Waals surface area contributed by atoms with E-state index in [4.69, 9.17) is 0 Å². The first-order chi connectivity index (χ1) is 9.24. The van der Waals surface area contributed by atoms with Gasteiger partial charge in [0.2, 0.25) is 0 Å². The average molecular weight is 256 g/mol. The molecule has 0 atom stereocenters. The van der Waals surface area contributed by atoms with Crippen molar-refractivity contribution in [3.05, 3.63) is 59.4 Å². The lowest BCUT2D eigenvalue weighted by atomic mass is 10.00. The van der Waals surface area contributed by atoms with Gasteiger partial charge in [0, 0.05) is 0 Å². The third-order valence-corrected chi connectivity index (χ3v) is 3.40. The van der Waals surface area contributed by atoms with Gasteiger partial charge >= 0.3 is 0 Å². The van der Waals surface area contributed by atoms with Crippen molar-refractivity contribution in [2.75, 3.05) is 0 Å². The molecule has 0 heterocycles. The average Bonchev–Trinajstić information content (AvgIpc) is 2.43. The Kier molecular flexibility index (Phi) is 4.73. The Balaban J connectivity index is 2.24. The number of aryl methyl sites for hydroxylation is 2. The smallest absolute Gasteiger partial charge is 0.127 e. The van der Waals surface area contributed by atoms with Gasteiger partial charge < -0.3 is 0 Å². The zero-order chi connectivity index (χ0) is 13.7. The Morgan fingerprint density at radius 1 is 0.789 bits per heavy atom. The van der Waals surface area contributed by atoms with Gasteiger partial charge in [-0.05, 0) is 41.2 Å². The van der Waals surface area contributed by atoms with Crippen LogP contribution in [0.2, 0.25) is 0 Å². The fourth-order valence-electron chi connectivity index (χ4n) is 2.35. The maximum absolute atomic E-state index is 13.9. The first-order valence-corrected chi connectivity index (χ1v) is 7.12. The van der Waals surface area contributed by atoms with Crippen LogP contribution >= 0.6 is 0 Å². The molecule has 1 heteroatoms. The molecule has 0 aliphatic carbocycles. The second-order valence-electron chi connectivity index (χ2n) is 5.00. The summed E-state index contributed by atoms with van der Waals surface area (Å²) in [5.74, 6) is -0.0861. The van der Waals surface area contributed by atoms with Gasteiger partial charge in [-0.3, -0.25) is 0 Å². The Morgan fingerprint density at radius 2 is 1.42 bits per heavy atom. The summed E-state index contributed by atoms with van der Waals surface area (Å²) in [6, 6.07) is 14.0. The Morgan fingerprint density at radius 3 is 2.00 bits per heavy atom. The molecule has 0 unspecified atom stereocenters. The van der Waals surface area contributed by atoms with Crippen LogP contribution in [-0.2, 0) is 12.8 Å². The van der Waals surface area contributed by atoms with Gasteiger partial charge in [0.1, 0.15) is 5.82 Å². The summed E-state index contributed by atoms with van der Waals surface area (Å²) in [5.41, 5.74) is 4.20. The highest BCUT2D eigenvalue weighted by molar-refractivity contribution is 5.64. The molecular formula is C18H21F. The lowest BCUT2D eigenvalue weighted by Gasteiger charge is -2.07. The number of rotatable bonds is 5. The summed E-state index contributed by atoms with van der Waals surface area (Å²) in [7, 11) is 0. The van der Waals surface area contributed by atoms with Gasteiger partial charge in [-0.15, -0.1) is 0 Å². The summed E-state index contributed by atoms with van der Waals surface area (Å²) in [6.07, 6.45) is 4.04. The van der Waals surface area contributed by atoms with Gasteiger partial charge in [0.05, 0.1) is 0 Å². The summed E-state index contributed by atoms with van der Waals surface area (Å²) in [6.45, 7) is 4.25. The molecule has 0 nitrogen and oxygen atoms in total. The molecule has 0 aromatic heterocycles.